The molecule has 23 heavy (non-hydrogen) atoms. The average Bonchev–Trinajstić information content (AvgIpc) is 3.18. The highest BCUT2D eigenvalue weighted by molar-refractivity contribution is 7.17. The van der Waals surface area contributed by atoms with Crippen molar-refractivity contribution < 1.29 is 9.59 Å². The molecule has 1 amide bonds. The first-order valence-corrected chi connectivity index (χ1v) is 7.65. The highest BCUT2D eigenvalue weighted by Crippen LogP contribution is 2.18. The van der Waals surface area contributed by atoms with Gasteiger partial charge in [-0.25, -0.2) is 9.67 Å². The second kappa shape index (κ2) is 6.49. The molecule has 8 heteroatoms. The van der Waals surface area contributed by atoms with E-state index in [1.165, 1.54) is 13.1 Å². The first-order valence-electron chi connectivity index (χ1n) is 6.84. The third-order valence-electron chi connectivity index (χ3n) is 3.03. The van der Waals surface area contributed by atoms with E-state index in [9.17, 15) is 9.59 Å². The van der Waals surface area contributed by atoms with Crippen molar-refractivity contribution in [1.82, 2.24) is 20.0 Å². The molecule has 0 saturated carbocycles. The highest BCUT2D eigenvalue weighted by Gasteiger charge is 2.14. The van der Waals surface area contributed by atoms with Gasteiger partial charge in [0.05, 0.1) is 23.8 Å². The van der Waals surface area contributed by atoms with Crippen molar-refractivity contribution in [3.05, 3.63) is 58.9 Å². The molecule has 0 atom stereocenters. The Kier molecular flexibility index (Phi) is 4.24. The molecule has 3 aromatic rings. The number of aromatic nitrogens is 4. The van der Waals surface area contributed by atoms with Crippen LogP contribution in [0.2, 0.25) is 0 Å². The lowest BCUT2D eigenvalue weighted by atomic mass is 10.2. The number of ketones is 1. The molecule has 7 nitrogen and oxygen atoms in total. The zero-order chi connectivity index (χ0) is 16.2. The van der Waals surface area contributed by atoms with Crippen LogP contribution in [0.15, 0.2) is 42.7 Å². The number of benzene rings is 1. The fourth-order valence-corrected chi connectivity index (χ4v) is 2.61. The van der Waals surface area contributed by atoms with E-state index in [4.69, 9.17) is 0 Å². The Hall–Kier alpha value is -2.87. The number of rotatable bonds is 5. The van der Waals surface area contributed by atoms with Crippen LogP contribution in [0.3, 0.4) is 0 Å². The topological polar surface area (TPSA) is 89.8 Å². The van der Waals surface area contributed by atoms with Gasteiger partial charge in [-0.05, 0) is 5.56 Å². The molecule has 2 heterocycles. The van der Waals surface area contributed by atoms with Crippen LogP contribution in [0.5, 0.6) is 0 Å². The maximum absolute atomic E-state index is 12.1. The molecular formula is C15H13N5O2S. The number of hydrogen-bond donors (Lipinski definition) is 1. The number of nitrogens with one attached hydrogen (secondary N) is 1. The normalized spacial score (nSPS) is 10.5. The standard InChI is InChI=1S/C15H13N5O2S/c1-10(21)13-7-16-15(23-13)17-14(22)12-9-20(19-18-12)8-11-5-3-2-4-6-11/h2-7,9H,8H2,1H3,(H,16,17,22). The molecule has 0 aliphatic rings. The first kappa shape index (κ1) is 15.0. The van der Waals surface area contributed by atoms with Gasteiger partial charge in [0.25, 0.3) is 5.91 Å². The molecule has 0 aliphatic heterocycles. The van der Waals surface area contributed by atoms with E-state index in [0.717, 1.165) is 16.9 Å². The zero-order valence-corrected chi connectivity index (χ0v) is 13.1. The summed E-state index contributed by atoms with van der Waals surface area (Å²) < 4.78 is 1.59. The van der Waals surface area contributed by atoms with Crippen LogP contribution in [0.25, 0.3) is 0 Å². The molecule has 2 aromatic heterocycles. The summed E-state index contributed by atoms with van der Waals surface area (Å²) in [6, 6.07) is 9.76. The second-order valence-electron chi connectivity index (χ2n) is 4.83. The lowest BCUT2D eigenvalue weighted by molar-refractivity contribution is 0.101. The minimum Gasteiger partial charge on any atom is -0.296 e. The second-order valence-corrected chi connectivity index (χ2v) is 5.86. The lowest BCUT2D eigenvalue weighted by Gasteiger charge is -1.99. The SMILES string of the molecule is CC(=O)c1cnc(NC(=O)c2cn(Cc3ccccc3)nn2)s1. The minimum absolute atomic E-state index is 0.0863. The summed E-state index contributed by atoms with van der Waals surface area (Å²) in [5.41, 5.74) is 1.26. The summed E-state index contributed by atoms with van der Waals surface area (Å²) in [6.45, 7) is 1.99. The van der Waals surface area contributed by atoms with Crippen LogP contribution < -0.4 is 5.32 Å². The highest BCUT2D eigenvalue weighted by atomic mass is 32.1. The summed E-state index contributed by atoms with van der Waals surface area (Å²) in [5.74, 6) is -0.495. The molecule has 1 N–H and O–H groups in total. The van der Waals surface area contributed by atoms with E-state index >= 15 is 0 Å². The van der Waals surface area contributed by atoms with Crippen molar-refractivity contribution in [3.63, 3.8) is 0 Å². The molecule has 3 rings (SSSR count). The molecule has 0 radical (unpaired) electrons. The maximum Gasteiger partial charge on any atom is 0.279 e. The molecule has 0 aliphatic carbocycles. The minimum atomic E-state index is -0.409. The fraction of sp³-hybridized carbons (Fsp3) is 0.133. The van der Waals surface area contributed by atoms with E-state index in [0.29, 0.717) is 16.6 Å². The van der Waals surface area contributed by atoms with Crippen molar-refractivity contribution in [2.45, 2.75) is 13.5 Å². The number of anilines is 1. The van der Waals surface area contributed by atoms with Crippen molar-refractivity contribution in [3.8, 4) is 0 Å². The lowest BCUT2D eigenvalue weighted by Crippen LogP contribution is -2.12. The number of Topliss-reactive ketones (excluding diaryl/α,β-unsaturated/α-hetero) is 1. The van der Waals surface area contributed by atoms with E-state index < -0.39 is 5.91 Å². The molecule has 0 spiro atoms. The zero-order valence-electron chi connectivity index (χ0n) is 12.3. The summed E-state index contributed by atoms with van der Waals surface area (Å²) in [6.07, 6.45) is 3.01. The van der Waals surface area contributed by atoms with E-state index in [2.05, 4.69) is 20.6 Å². The van der Waals surface area contributed by atoms with Crippen LogP contribution in [-0.4, -0.2) is 31.7 Å². The maximum atomic E-state index is 12.1. The number of carbonyl (C=O) groups is 2. The van der Waals surface area contributed by atoms with Gasteiger partial charge in [0.2, 0.25) is 0 Å². The largest absolute Gasteiger partial charge is 0.296 e. The fourth-order valence-electron chi connectivity index (χ4n) is 1.91. The number of nitrogens with zero attached hydrogens (tertiary/aromatic N) is 4. The quantitative estimate of drug-likeness (QED) is 0.726. The van der Waals surface area contributed by atoms with Crippen LogP contribution in [0.1, 0.15) is 32.6 Å². The van der Waals surface area contributed by atoms with Crippen LogP contribution in [0, 0.1) is 0 Å². The van der Waals surface area contributed by atoms with Crippen LogP contribution in [0.4, 0.5) is 5.13 Å². The number of carbonyl (C=O) groups excluding carboxylic acids is 2. The summed E-state index contributed by atoms with van der Waals surface area (Å²) >= 11 is 1.13. The van der Waals surface area contributed by atoms with E-state index in [-0.39, 0.29) is 11.5 Å². The Morgan fingerprint density at radius 1 is 1.26 bits per heavy atom. The van der Waals surface area contributed by atoms with Gasteiger partial charge in [-0.3, -0.25) is 14.9 Å². The average molecular weight is 327 g/mol. The van der Waals surface area contributed by atoms with Gasteiger partial charge in [-0.2, -0.15) is 0 Å². The van der Waals surface area contributed by atoms with Gasteiger partial charge >= 0.3 is 0 Å². The molecule has 1 aromatic carbocycles. The number of hydrogen-bond acceptors (Lipinski definition) is 6. The predicted molar refractivity (Wildman–Crippen MR) is 85.6 cm³/mol. The van der Waals surface area contributed by atoms with Crippen LogP contribution >= 0.6 is 11.3 Å². The van der Waals surface area contributed by atoms with Gasteiger partial charge in [0.1, 0.15) is 0 Å². The van der Waals surface area contributed by atoms with Crippen LogP contribution in [-0.2, 0) is 6.54 Å². The Labute approximate surface area is 136 Å². The Morgan fingerprint density at radius 3 is 2.74 bits per heavy atom. The number of thiazole rings is 1. The van der Waals surface area contributed by atoms with Gasteiger partial charge < -0.3 is 0 Å². The Bertz CT molecular complexity index is 840. The molecule has 0 bridgehead atoms. The van der Waals surface area contributed by atoms with Crippen molar-refractivity contribution in [2.75, 3.05) is 5.32 Å². The molecule has 0 fully saturated rings. The molecule has 0 saturated heterocycles. The monoisotopic (exact) mass is 327 g/mol. The molecule has 116 valence electrons. The summed E-state index contributed by atoms with van der Waals surface area (Å²) in [7, 11) is 0. The van der Waals surface area contributed by atoms with Crippen molar-refractivity contribution in [1.29, 1.82) is 0 Å². The molecular weight excluding hydrogens is 314 g/mol. The number of amides is 1. The Balaban J connectivity index is 1.67. The van der Waals surface area contributed by atoms with Crippen molar-refractivity contribution >= 4 is 28.2 Å². The van der Waals surface area contributed by atoms with E-state index in [1.54, 1.807) is 10.9 Å². The van der Waals surface area contributed by atoms with Gasteiger partial charge in [0.15, 0.2) is 16.6 Å². The van der Waals surface area contributed by atoms with Gasteiger partial charge in [0, 0.05) is 6.92 Å². The summed E-state index contributed by atoms with van der Waals surface area (Å²) in [4.78, 5) is 27.8. The van der Waals surface area contributed by atoms with E-state index in [1.807, 2.05) is 30.3 Å². The van der Waals surface area contributed by atoms with Gasteiger partial charge in [-0.15, -0.1) is 5.10 Å². The smallest absolute Gasteiger partial charge is 0.279 e. The first-order chi connectivity index (χ1) is 11.1. The predicted octanol–water partition coefficient (Wildman–Crippen LogP) is 2.24. The van der Waals surface area contributed by atoms with Crippen molar-refractivity contribution in [2.24, 2.45) is 0 Å². The Morgan fingerprint density at radius 2 is 2.04 bits per heavy atom. The summed E-state index contributed by atoms with van der Waals surface area (Å²) in [5, 5.41) is 10.8. The third kappa shape index (κ3) is 3.67. The molecule has 0 unspecified atom stereocenters. The van der Waals surface area contributed by atoms with Gasteiger partial charge in [-0.1, -0.05) is 46.9 Å². The third-order valence-corrected chi connectivity index (χ3v) is 4.05.